The number of hydrogen-bond donors (Lipinski definition) is 2. The molecule has 0 radical (unpaired) electrons. The zero-order valence-electron chi connectivity index (χ0n) is 18.3. The van der Waals surface area contributed by atoms with Crippen LogP contribution in [0.5, 0.6) is 0 Å². The molecular weight excluding hydrogens is 400 g/mol. The average Bonchev–Trinajstić information content (AvgIpc) is 2.91. The van der Waals surface area contributed by atoms with Gasteiger partial charge in [-0.1, -0.05) is 66.2 Å². The van der Waals surface area contributed by atoms with E-state index in [1.165, 1.54) is 27.1 Å². The summed E-state index contributed by atoms with van der Waals surface area (Å²) in [5.41, 5.74) is 7.68. The van der Waals surface area contributed by atoms with Gasteiger partial charge in [-0.2, -0.15) is 0 Å². The third-order valence-corrected chi connectivity index (χ3v) is 6.54. The first-order chi connectivity index (χ1) is 15.0. The highest BCUT2D eigenvalue weighted by Crippen LogP contribution is 2.42. The molecule has 1 aliphatic rings. The van der Waals surface area contributed by atoms with E-state index in [1.54, 1.807) is 11.8 Å². The number of aryl methyl sites for hydroxylation is 2. The minimum atomic E-state index is -0.0414. The summed E-state index contributed by atoms with van der Waals surface area (Å²) in [4.78, 5) is 15.1. The molecule has 0 unspecified atom stereocenters. The van der Waals surface area contributed by atoms with Crippen molar-refractivity contribution in [3.63, 3.8) is 0 Å². The van der Waals surface area contributed by atoms with Gasteiger partial charge in [0.25, 0.3) is 5.91 Å². The molecule has 4 heteroatoms. The van der Waals surface area contributed by atoms with Crippen molar-refractivity contribution in [2.75, 3.05) is 11.9 Å². The van der Waals surface area contributed by atoms with Gasteiger partial charge in [0.2, 0.25) is 0 Å². The summed E-state index contributed by atoms with van der Waals surface area (Å²) in [6, 6.07) is 20.9. The second kappa shape index (κ2) is 9.44. The number of hydrogen-bond acceptors (Lipinski definition) is 3. The van der Waals surface area contributed by atoms with E-state index in [0.717, 1.165) is 29.1 Å². The Morgan fingerprint density at radius 1 is 0.968 bits per heavy atom. The van der Waals surface area contributed by atoms with Crippen LogP contribution in [0.2, 0.25) is 0 Å². The monoisotopic (exact) mass is 428 g/mol. The van der Waals surface area contributed by atoms with E-state index < -0.39 is 0 Å². The van der Waals surface area contributed by atoms with E-state index in [2.05, 4.69) is 79.9 Å². The summed E-state index contributed by atoms with van der Waals surface area (Å²) in [6.45, 7) is 6.95. The fourth-order valence-electron chi connectivity index (χ4n) is 3.67. The van der Waals surface area contributed by atoms with Crippen LogP contribution in [0.3, 0.4) is 0 Å². The highest BCUT2D eigenvalue weighted by Gasteiger charge is 2.19. The first-order valence-electron chi connectivity index (χ1n) is 10.8. The van der Waals surface area contributed by atoms with Crippen LogP contribution in [0.15, 0.2) is 76.5 Å². The van der Waals surface area contributed by atoms with E-state index in [9.17, 15) is 4.79 Å². The molecule has 0 bridgehead atoms. The van der Waals surface area contributed by atoms with E-state index in [0.29, 0.717) is 12.1 Å². The van der Waals surface area contributed by atoms with Gasteiger partial charge in [0.05, 0.1) is 5.69 Å². The topological polar surface area (TPSA) is 41.1 Å². The highest BCUT2D eigenvalue weighted by molar-refractivity contribution is 7.99. The van der Waals surface area contributed by atoms with Gasteiger partial charge < -0.3 is 10.6 Å². The van der Waals surface area contributed by atoms with Gasteiger partial charge in [-0.15, -0.1) is 0 Å². The number of benzene rings is 3. The minimum Gasteiger partial charge on any atom is -0.354 e. The normalized spacial score (nSPS) is 13.7. The molecule has 3 aromatic carbocycles. The van der Waals surface area contributed by atoms with Crippen LogP contribution in [-0.4, -0.2) is 12.5 Å². The van der Waals surface area contributed by atoms with Crippen LogP contribution in [0.1, 0.15) is 46.0 Å². The number of anilines is 1. The van der Waals surface area contributed by atoms with Crippen LogP contribution < -0.4 is 10.6 Å². The highest BCUT2D eigenvalue weighted by atomic mass is 32.2. The lowest BCUT2D eigenvalue weighted by atomic mass is 10.1. The van der Waals surface area contributed by atoms with Crippen LogP contribution in [0.25, 0.3) is 5.70 Å². The molecule has 0 spiro atoms. The molecule has 0 fully saturated rings. The molecule has 4 rings (SSSR count). The van der Waals surface area contributed by atoms with Gasteiger partial charge >= 0.3 is 0 Å². The van der Waals surface area contributed by atoms with Crippen LogP contribution >= 0.6 is 11.8 Å². The Kier molecular flexibility index (Phi) is 6.47. The molecule has 1 heterocycles. The Labute approximate surface area is 189 Å². The molecule has 0 saturated heterocycles. The second-order valence-electron chi connectivity index (χ2n) is 7.96. The van der Waals surface area contributed by atoms with Crippen LogP contribution in [-0.2, 0) is 6.42 Å². The molecule has 158 valence electrons. The first kappa shape index (κ1) is 21.3. The zero-order chi connectivity index (χ0) is 21.8. The summed E-state index contributed by atoms with van der Waals surface area (Å²) in [5, 5.41) is 6.64. The molecule has 1 aliphatic heterocycles. The summed E-state index contributed by atoms with van der Waals surface area (Å²) >= 11 is 1.74. The molecule has 3 aromatic rings. The number of carbonyl (C=O) groups is 1. The smallest absolute Gasteiger partial charge is 0.251 e. The quantitative estimate of drug-likeness (QED) is 0.481. The van der Waals surface area contributed by atoms with Crippen molar-refractivity contribution in [1.29, 1.82) is 0 Å². The Balaban J connectivity index is 1.51. The maximum Gasteiger partial charge on any atom is 0.251 e. The van der Waals surface area contributed by atoms with Crippen molar-refractivity contribution >= 4 is 29.1 Å². The zero-order valence-corrected chi connectivity index (χ0v) is 19.1. The number of allylic oxidation sites excluding steroid dienone is 1. The standard InChI is InChI=1S/C27H28N2OS/c1-4-5-23-22-16-19(3)8-12-25(22)31-26-13-11-21(17-24(26)29-23)27(30)28-15-14-20-9-6-18(2)7-10-20/h5-13,16-17,29H,4,14-15H2,1-3H3,(H,28,30). The lowest BCUT2D eigenvalue weighted by Gasteiger charge is -2.13. The molecular formula is C27H28N2OS. The number of rotatable bonds is 5. The minimum absolute atomic E-state index is 0.0414. The Bertz CT molecular complexity index is 1130. The number of nitrogens with one attached hydrogen (secondary N) is 2. The largest absolute Gasteiger partial charge is 0.354 e. The van der Waals surface area contributed by atoms with Gasteiger partial charge in [-0.25, -0.2) is 0 Å². The lowest BCUT2D eigenvalue weighted by molar-refractivity contribution is 0.0954. The molecule has 0 aromatic heterocycles. The molecule has 0 saturated carbocycles. The number of amides is 1. The molecule has 2 N–H and O–H groups in total. The van der Waals surface area contributed by atoms with E-state index >= 15 is 0 Å². The summed E-state index contributed by atoms with van der Waals surface area (Å²) in [6.07, 6.45) is 3.97. The third kappa shape index (κ3) is 5.02. The van der Waals surface area contributed by atoms with Crippen molar-refractivity contribution in [2.24, 2.45) is 0 Å². The Morgan fingerprint density at radius 3 is 2.48 bits per heavy atom. The summed E-state index contributed by atoms with van der Waals surface area (Å²) < 4.78 is 0. The van der Waals surface area contributed by atoms with Crippen molar-refractivity contribution in [3.8, 4) is 0 Å². The molecule has 0 atom stereocenters. The Hall–Kier alpha value is -2.98. The molecule has 1 amide bonds. The van der Waals surface area contributed by atoms with Gasteiger partial charge in [0.15, 0.2) is 0 Å². The Morgan fingerprint density at radius 2 is 1.71 bits per heavy atom. The van der Waals surface area contributed by atoms with Crippen molar-refractivity contribution in [2.45, 2.75) is 43.4 Å². The van der Waals surface area contributed by atoms with Crippen LogP contribution in [0, 0.1) is 13.8 Å². The van der Waals surface area contributed by atoms with Gasteiger partial charge in [0.1, 0.15) is 0 Å². The SMILES string of the molecule is CCC=C1Nc2cc(C(=O)NCCc3ccc(C)cc3)ccc2Sc2ccc(C)cc21. The fraction of sp³-hybridized carbons (Fsp3) is 0.222. The lowest BCUT2D eigenvalue weighted by Crippen LogP contribution is -2.25. The third-order valence-electron chi connectivity index (χ3n) is 5.38. The second-order valence-corrected chi connectivity index (χ2v) is 9.04. The van der Waals surface area contributed by atoms with Gasteiger partial charge in [-0.3, -0.25) is 4.79 Å². The number of carbonyl (C=O) groups excluding carboxylic acids is 1. The molecule has 0 aliphatic carbocycles. The van der Waals surface area contributed by atoms with Crippen molar-refractivity contribution in [3.05, 3.63) is 94.6 Å². The van der Waals surface area contributed by atoms with Crippen LogP contribution in [0.4, 0.5) is 5.69 Å². The maximum atomic E-state index is 12.8. The van der Waals surface area contributed by atoms with E-state index in [4.69, 9.17) is 0 Å². The fourth-order valence-corrected chi connectivity index (χ4v) is 4.68. The van der Waals surface area contributed by atoms with Crippen molar-refractivity contribution in [1.82, 2.24) is 5.32 Å². The predicted octanol–water partition coefficient (Wildman–Crippen LogP) is 6.60. The van der Waals surface area contributed by atoms with Crippen molar-refractivity contribution < 1.29 is 4.79 Å². The number of fused-ring (bicyclic) bond motifs is 2. The van der Waals surface area contributed by atoms with E-state index in [1.807, 2.05) is 18.2 Å². The summed E-state index contributed by atoms with van der Waals surface area (Å²) in [7, 11) is 0. The van der Waals surface area contributed by atoms with Gasteiger partial charge in [-0.05, 0) is 62.6 Å². The van der Waals surface area contributed by atoms with Gasteiger partial charge in [0, 0.05) is 33.2 Å². The summed E-state index contributed by atoms with van der Waals surface area (Å²) in [5.74, 6) is -0.0414. The van der Waals surface area contributed by atoms with E-state index in [-0.39, 0.29) is 5.91 Å². The molecule has 31 heavy (non-hydrogen) atoms. The first-order valence-corrected chi connectivity index (χ1v) is 11.6. The predicted molar refractivity (Wildman–Crippen MR) is 131 cm³/mol. The molecule has 3 nitrogen and oxygen atoms in total. The maximum absolute atomic E-state index is 12.8. The average molecular weight is 429 g/mol.